The number of rotatable bonds is 5. The summed E-state index contributed by atoms with van der Waals surface area (Å²) in [5.41, 5.74) is 2.68. The summed E-state index contributed by atoms with van der Waals surface area (Å²) in [6.45, 7) is 0. The van der Waals surface area contributed by atoms with Gasteiger partial charge >= 0.3 is 0 Å². The van der Waals surface area contributed by atoms with Crippen LogP contribution < -0.4 is 4.72 Å². The van der Waals surface area contributed by atoms with Crippen LogP contribution in [0.15, 0.2) is 83.1 Å². The second-order valence-corrected chi connectivity index (χ2v) is 8.74. The Morgan fingerprint density at radius 2 is 1.52 bits per heavy atom. The first kappa shape index (κ1) is 19.2. The van der Waals surface area contributed by atoms with Crippen LogP contribution in [0.5, 0.6) is 0 Å². The van der Waals surface area contributed by atoms with Gasteiger partial charge in [0, 0.05) is 28.3 Å². The van der Waals surface area contributed by atoms with E-state index in [9.17, 15) is 17.2 Å². The molecule has 4 rings (SSSR count). The van der Waals surface area contributed by atoms with Gasteiger partial charge in [-0.2, -0.15) is 0 Å². The lowest BCUT2D eigenvalue weighted by atomic mass is 10.1. The van der Waals surface area contributed by atoms with Crippen LogP contribution in [0, 0.1) is 11.6 Å². The van der Waals surface area contributed by atoms with Gasteiger partial charge in [-0.1, -0.05) is 42.5 Å². The van der Waals surface area contributed by atoms with E-state index in [4.69, 9.17) is 0 Å². The summed E-state index contributed by atoms with van der Waals surface area (Å²) in [7, 11) is -4.14. The van der Waals surface area contributed by atoms with Crippen molar-refractivity contribution in [3.05, 3.63) is 89.8 Å². The van der Waals surface area contributed by atoms with Gasteiger partial charge in [0.25, 0.3) is 10.0 Å². The zero-order valence-electron chi connectivity index (χ0n) is 14.8. The highest BCUT2D eigenvalue weighted by Gasteiger charge is 2.17. The van der Waals surface area contributed by atoms with Crippen LogP contribution >= 0.6 is 11.3 Å². The molecule has 1 aromatic heterocycles. The summed E-state index contributed by atoms with van der Waals surface area (Å²) < 4.78 is 54.1. The van der Waals surface area contributed by atoms with Gasteiger partial charge in [-0.15, -0.1) is 11.3 Å². The van der Waals surface area contributed by atoms with Gasteiger partial charge in [0.2, 0.25) is 0 Å². The zero-order chi connectivity index (χ0) is 20.4. The van der Waals surface area contributed by atoms with Crippen LogP contribution in [-0.4, -0.2) is 13.4 Å². The average molecular weight is 428 g/mol. The number of sulfonamides is 1. The number of nitrogens with zero attached hydrogens (tertiary/aromatic N) is 1. The van der Waals surface area contributed by atoms with E-state index in [1.54, 1.807) is 18.2 Å². The average Bonchev–Trinajstić information content (AvgIpc) is 3.18. The molecule has 0 saturated carbocycles. The van der Waals surface area contributed by atoms with Crippen molar-refractivity contribution >= 4 is 27.0 Å². The van der Waals surface area contributed by atoms with Gasteiger partial charge in [-0.3, -0.25) is 4.72 Å². The van der Waals surface area contributed by atoms with Crippen molar-refractivity contribution in [2.75, 3.05) is 4.72 Å². The molecule has 146 valence electrons. The van der Waals surface area contributed by atoms with Crippen molar-refractivity contribution in [3.8, 4) is 21.8 Å². The molecule has 0 fully saturated rings. The predicted octanol–water partition coefficient (Wildman–Crippen LogP) is 5.56. The minimum atomic E-state index is -4.14. The number of hydrogen-bond donors (Lipinski definition) is 1. The van der Waals surface area contributed by atoms with Gasteiger partial charge in [0.05, 0.1) is 10.6 Å². The molecule has 0 amide bonds. The van der Waals surface area contributed by atoms with Crippen molar-refractivity contribution in [1.29, 1.82) is 0 Å². The first-order chi connectivity index (χ1) is 13.9. The van der Waals surface area contributed by atoms with E-state index in [2.05, 4.69) is 9.71 Å². The van der Waals surface area contributed by atoms with Crippen LogP contribution in [-0.2, 0) is 10.0 Å². The van der Waals surface area contributed by atoms with E-state index >= 15 is 0 Å². The fraction of sp³-hybridized carbons (Fsp3) is 0. The first-order valence-electron chi connectivity index (χ1n) is 8.51. The Hall–Kier alpha value is -3.10. The lowest BCUT2D eigenvalue weighted by Gasteiger charge is -2.09. The molecule has 0 aliphatic carbocycles. The van der Waals surface area contributed by atoms with E-state index in [1.165, 1.54) is 11.3 Å². The van der Waals surface area contributed by atoms with Gasteiger partial charge in [0.15, 0.2) is 0 Å². The molecule has 0 aliphatic rings. The Morgan fingerprint density at radius 1 is 0.828 bits per heavy atom. The van der Waals surface area contributed by atoms with Gasteiger partial charge in [0.1, 0.15) is 16.6 Å². The number of nitrogens with one attached hydrogen (secondary N) is 1. The van der Waals surface area contributed by atoms with Crippen LogP contribution in [0.4, 0.5) is 14.5 Å². The first-order valence-corrected chi connectivity index (χ1v) is 10.9. The lowest BCUT2D eigenvalue weighted by molar-refractivity contribution is 0.568. The molecule has 1 N–H and O–H groups in total. The quantitative estimate of drug-likeness (QED) is 0.453. The van der Waals surface area contributed by atoms with Gasteiger partial charge in [-0.25, -0.2) is 22.2 Å². The summed E-state index contributed by atoms with van der Waals surface area (Å²) in [4.78, 5) is 4.13. The van der Waals surface area contributed by atoms with Crippen molar-refractivity contribution in [1.82, 2.24) is 4.98 Å². The maximum absolute atomic E-state index is 13.4. The summed E-state index contributed by atoms with van der Waals surface area (Å²) in [6, 6.07) is 18.5. The van der Waals surface area contributed by atoms with Crippen LogP contribution in [0.1, 0.15) is 0 Å². The molecular formula is C21H14F2N2O2S2. The summed E-state index contributed by atoms with van der Waals surface area (Å²) in [5.74, 6) is -1.93. The van der Waals surface area contributed by atoms with Crippen LogP contribution in [0.2, 0.25) is 0 Å². The molecule has 29 heavy (non-hydrogen) atoms. The predicted molar refractivity (Wildman–Crippen MR) is 110 cm³/mol. The standard InChI is InChI=1S/C21H14F2N2O2S2/c22-16-10-17(23)12-19(11-16)29(26,27)25-18-8-4-7-15(9-18)20-13-28-21(24-20)14-5-2-1-3-6-14/h1-13,25H. The summed E-state index contributed by atoms with van der Waals surface area (Å²) in [5, 5.41) is 2.74. The molecular weight excluding hydrogens is 414 g/mol. The van der Waals surface area contributed by atoms with E-state index in [0.29, 0.717) is 17.3 Å². The maximum atomic E-state index is 13.4. The largest absolute Gasteiger partial charge is 0.280 e. The molecule has 0 bridgehead atoms. The minimum Gasteiger partial charge on any atom is -0.280 e. The summed E-state index contributed by atoms with van der Waals surface area (Å²) in [6.07, 6.45) is 0. The van der Waals surface area contributed by atoms with Gasteiger partial charge < -0.3 is 0 Å². The highest BCUT2D eigenvalue weighted by molar-refractivity contribution is 7.92. The van der Waals surface area contributed by atoms with Gasteiger partial charge in [-0.05, 0) is 24.3 Å². The second kappa shape index (κ2) is 7.73. The number of anilines is 1. The molecule has 4 aromatic rings. The second-order valence-electron chi connectivity index (χ2n) is 6.20. The molecule has 0 spiro atoms. The fourth-order valence-corrected chi connectivity index (χ4v) is 4.69. The van der Waals surface area contributed by atoms with Crippen molar-refractivity contribution in [2.45, 2.75) is 4.90 Å². The number of aromatic nitrogens is 1. The number of halogens is 2. The lowest BCUT2D eigenvalue weighted by Crippen LogP contribution is -2.13. The Morgan fingerprint density at radius 3 is 2.24 bits per heavy atom. The highest BCUT2D eigenvalue weighted by atomic mass is 32.2. The molecule has 4 nitrogen and oxygen atoms in total. The third-order valence-electron chi connectivity index (χ3n) is 4.08. The topological polar surface area (TPSA) is 59.1 Å². The Balaban J connectivity index is 1.62. The van der Waals surface area contributed by atoms with Crippen molar-refractivity contribution in [2.24, 2.45) is 0 Å². The smallest absolute Gasteiger partial charge is 0.262 e. The number of thiazole rings is 1. The van der Waals surface area contributed by atoms with E-state index in [1.807, 2.05) is 41.8 Å². The highest BCUT2D eigenvalue weighted by Crippen LogP contribution is 2.30. The van der Waals surface area contributed by atoms with E-state index in [0.717, 1.165) is 22.7 Å². The zero-order valence-corrected chi connectivity index (χ0v) is 16.5. The van der Waals surface area contributed by atoms with Crippen LogP contribution in [0.3, 0.4) is 0 Å². The van der Waals surface area contributed by atoms with E-state index in [-0.39, 0.29) is 5.69 Å². The van der Waals surface area contributed by atoms with E-state index < -0.39 is 26.6 Å². The van der Waals surface area contributed by atoms with Crippen molar-refractivity contribution < 1.29 is 17.2 Å². The molecule has 1 heterocycles. The third-order valence-corrected chi connectivity index (χ3v) is 6.33. The minimum absolute atomic E-state index is 0.265. The summed E-state index contributed by atoms with van der Waals surface area (Å²) >= 11 is 1.48. The molecule has 8 heteroatoms. The molecule has 0 saturated heterocycles. The number of benzene rings is 3. The third kappa shape index (κ3) is 4.33. The molecule has 0 radical (unpaired) electrons. The Bertz CT molecular complexity index is 1250. The van der Waals surface area contributed by atoms with Crippen molar-refractivity contribution in [3.63, 3.8) is 0 Å². The SMILES string of the molecule is O=S(=O)(Nc1cccc(-c2csc(-c3ccccc3)n2)c1)c1cc(F)cc(F)c1. The number of hydrogen-bond acceptors (Lipinski definition) is 4. The molecule has 0 unspecified atom stereocenters. The maximum Gasteiger partial charge on any atom is 0.262 e. The molecule has 0 atom stereocenters. The Labute approximate surface area is 170 Å². The molecule has 3 aromatic carbocycles. The molecule has 0 aliphatic heterocycles. The van der Waals surface area contributed by atoms with Crippen LogP contribution in [0.25, 0.3) is 21.8 Å². The normalized spacial score (nSPS) is 11.4. The fourth-order valence-electron chi connectivity index (χ4n) is 2.76. The monoisotopic (exact) mass is 428 g/mol. The Kier molecular flexibility index (Phi) is 5.12.